The molecular formula is C30H35N7O7. The monoisotopic (exact) mass is 605 g/mol. The van der Waals surface area contributed by atoms with E-state index in [1.807, 2.05) is 26.0 Å². The van der Waals surface area contributed by atoms with E-state index in [0.29, 0.717) is 69.6 Å². The quantitative estimate of drug-likeness (QED) is 0.329. The first-order chi connectivity index (χ1) is 21.2. The molecule has 14 heteroatoms. The van der Waals surface area contributed by atoms with Crippen LogP contribution in [0.5, 0.6) is 11.8 Å². The van der Waals surface area contributed by atoms with E-state index in [-0.39, 0.29) is 5.69 Å². The second kappa shape index (κ2) is 13.2. The third kappa shape index (κ3) is 6.12. The van der Waals surface area contributed by atoms with Gasteiger partial charge in [0, 0.05) is 41.5 Å². The fourth-order valence-corrected chi connectivity index (χ4v) is 5.45. The van der Waals surface area contributed by atoms with Gasteiger partial charge in [0.1, 0.15) is 0 Å². The smallest absolute Gasteiger partial charge is 0.356 e. The van der Waals surface area contributed by atoms with Crippen LogP contribution in [0, 0.1) is 13.8 Å². The molecule has 2 aliphatic heterocycles. The van der Waals surface area contributed by atoms with Gasteiger partial charge >= 0.3 is 5.97 Å². The Hall–Kier alpha value is -4.82. The molecule has 3 N–H and O–H groups in total. The van der Waals surface area contributed by atoms with Gasteiger partial charge in [0.25, 0.3) is 5.91 Å². The highest BCUT2D eigenvalue weighted by atomic mass is 16.5. The Morgan fingerprint density at radius 2 is 1.20 bits per heavy atom. The summed E-state index contributed by atoms with van der Waals surface area (Å²) >= 11 is 0. The summed E-state index contributed by atoms with van der Waals surface area (Å²) in [5.41, 5.74) is 12.6. The Morgan fingerprint density at radius 1 is 0.773 bits per heavy atom. The predicted molar refractivity (Wildman–Crippen MR) is 157 cm³/mol. The van der Waals surface area contributed by atoms with Crippen LogP contribution in [0.3, 0.4) is 0 Å². The first-order valence-corrected chi connectivity index (χ1v) is 14.2. The number of hydrogen-bond donors (Lipinski definition) is 2. The largest absolute Gasteiger partial charge is 0.481 e. The van der Waals surface area contributed by atoms with E-state index < -0.39 is 11.9 Å². The van der Waals surface area contributed by atoms with E-state index in [9.17, 15) is 14.7 Å². The zero-order valence-electron chi connectivity index (χ0n) is 25.1. The van der Waals surface area contributed by atoms with Crippen LogP contribution in [0.1, 0.15) is 54.6 Å². The van der Waals surface area contributed by atoms with Crippen LogP contribution in [0.4, 0.5) is 0 Å². The number of nitrogens with zero attached hydrogens (tertiary/aromatic N) is 6. The molecule has 1 amide bonds. The van der Waals surface area contributed by atoms with Gasteiger partial charge in [-0.25, -0.2) is 24.1 Å². The number of carbonyl (C=O) groups is 2. The molecule has 44 heavy (non-hydrogen) atoms. The lowest BCUT2D eigenvalue weighted by Gasteiger charge is -2.09. The van der Waals surface area contributed by atoms with Crippen LogP contribution in [0.25, 0.3) is 11.4 Å². The molecule has 4 aromatic heterocycles. The number of carboxylic acid groups (broad SMARTS) is 1. The summed E-state index contributed by atoms with van der Waals surface area (Å²) in [6.07, 6.45) is 5.81. The van der Waals surface area contributed by atoms with Crippen molar-refractivity contribution in [3.63, 3.8) is 0 Å². The van der Waals surface area contributed by atoms with Crippen molar-refractivity contribution in [1.29, 1.82) is 0 Å². The number of primary amides is 1. The molecule has 6 heterocycles. The number of fused-ring (bicyclic) bond motifs is 2. The van der Waals surface area contributed by atoms with Crippen molar-refractivity contribution in [2.24, 2.45) is 5.73 Å². The van der Waals surface area contributed by atoms with Crippen molar-refractivity contribution in [2.75, 3.05) is 40.6 Å². The molecule has 0 aromatic carbocycles. The number of amides is 1. The Kier molecular flexibility index (Phi) is 9.20. The molecule has 0 unspecified atom stereocenters. The maximum Gasteiger partial charge on any atom is 0.356 e. The molecule has 0 spiro atoms. The average Bonchev–Trinajstić information content (AvgIpc) is 3.32. The number of ether oxygens (including phenoxy) is 4. The van der Waals surface area contributed by atoms with E-state index in [4.69, 9.17) is 24.7 Å². The number of pyridine rings is 2. The summed E-state index contributed by atoms with van der Waals surface area (Å²) in [7, 11) is 3.15. The number of aryl methyl sites for hydroxylation is 2. The molecule has 0 bridgehead atoms. The average molecular weight is 606 g/mol. The third-order valence-electron chi connectivity index (χ3n) is 7.48. The van der Waals surface area contributed by atoms with Crippen LogP contribution >= 0.6 is 0 Å². The molecule has 0 aliphatic carbocycles. The summed E-state index contributed by atoms with van der Waals surface area (Å²) < 4.78 is 24.7. The van der Waals surface area contributed by atoms with Gasteiger partial charge in [-0.2, -0.15) is 10.2 Å². The molecule has 0 radical (unpaired) electrons. The number of hydrogen-bond acceptors (Lipinski definition) is 10. The number of aromatic nitrogens is 6. The maximum atomic E-state index is 11.7. The van der Waals surface area contributed by atoms with Crippen LogP contribution in [-0.2, 0) is 35.2 Å². The Bertz CT molecular complexity index is 1570. The molecule has 2 aliphatic rings. The van der Waals surface area contributed by atoms with Crippen LogP contribution in [0.2, 0.25) is 0 Å². The van der Waals surface area contributed by atoms with Gasteiger partial charge in [-0.3, -0.25) is 4.79 Å². The SMILES string of the molecule is COc1ncc(-n2nc(C(=O)O)c3c2CCOCC3)cc1C.COc1ncc(-n2nc(C(N)=O)c3c2CCOCC3)cc1C. The van der Waals surface area contributed by atoms with Gasteiger partial charge in [-0.1, -0.05) is 0 Å². The Balaban J connectivity index is 0.000000175. The first kappa shape index (κ1) is 30.6. The predicted octanol–water partition coefficient (Wildman–Crippen LogP) is 2.20. The molecule has 6 rings (SSSR count). The van der Waals surface area contributed by atoms with Crippen molar-refractivity contribution in [3.8, 4) is 23.1 Å². The van der Waals surface area contributed by atoms with Crippen molar-refractivity contribution in [2.45, 2.75) is 39.5 Å². The molecule has 14 nitrogen and oxygen atoms in total. The topological polar surface area (TPSA) is 179 Å². The van der Waals surface area contributed by atoms with Crippen molar-refractivity contribution >= 4 is 11.9 Å². The Labute approximate surface area is 253 Å². The van der Waals surface area contributed by atoms with Gasteiger partial charge in [-0.15, -0.1) is 0 Å². The summed E-state index contributed by atoms with van der Waals surface area (Å²) in [6, 6.07) is 3.81. The molecule has 0 atom stereocenters. The van der Waals surface area contributed by atoms with Gasteiger partial charge in [0.15, 0.2) is 11.4 Å². The van der Waals surface area contributed by atoms with Crippen LogP contribution in [-0.4, -0.2) is 87.2 Å². The minimum atomic E-state index is -1.02. The zero-order chi connectivity index (χ0) is 31.4. The van der Waals surface area contributed by atoms with Crippen molar-refractivity contribution in [3.05, 3.63) is 69.6 Å². The minimum Gasteiger partial charge on any atom is -0.481 e. The van der Waals surface area contributed by atoms with E-state index in [0.717, 1.165) is 45.0 Å². The molecule has 0 fully saturated rings. The van der Waals surface area contributed by atoms with Crippen LogP contribution < -0.4 is 15.2 Å². The summed E-state index contributed by atoms with van der Waals surface area (Å²) in [6.45, 7) is 6.03. The number of carboxylic acids is 1. The fraction of sp³-hybridized carbons (Fsp3) is 0.400. The first-order valence-electron chi connectivity index (χ1n) is 14.2. The second-order valence-electron chi connectivity index (χ2n) is 10.3. The Morgan fingerprint density at radius 3 is 1.61 bits per heavy atom. The number of rotatable bonds is 6. The summed E-state index contributed by atoms with van der Waals surface area (Å²) in [4.78, 5) is 31.6. The third-order valence-corrected chi connectivity index (χ3v) is 7.48. The lowest BCUT2D eigenvalue weighted by atomic mass is 10.1. The van der Waals surface area contributed by atoms with Crippen molar-refractivity contribution in [1.82, 2.24) is 29.5 Å². The van der Waals surface area contributed by atoms with Gasteiger partial charge in [0.2, 0.25) is 11.8 Å². The summed E-state index contributed by atoms with van der Waals surface area (Å²) in [5.74, 6) is -0.422. The van der Waals surface area contributed by atoms with E-state index >= 15 is 0 Å². The van der Waals surface area contributed by atoms with Gasteiger partial charge < -0.3 is 29.8 Å². The number of nitrogens with two attached hydrogens (primary N) is 1. The second-order valence-corrected chi connectivity index (χ2v) is 10.3. The lowest BCUT2D eigenvalue weighted by molar-refractivity contribution is 0.0688. The number of aromatic carboxylic acids is 1. The molecule has 232 valence electrons. The van der Waals surface area contributed by atoms with E-state index in [2.05, 4.69) is 20.2 Å². The maximum absolute atomic E-state index is 11.7. The van der Waals surface area contributed by atoms with Gasteiger partial charge in [0.05, 0.1) is 75.8 Å². The highest BCUT2D eigenvalue weighted by Gasteiger charge is 2.26. The fourth-order valence-electron chi connectivity index (χ4n) is 5.45. The summed E-state index contributed by atoms with van der Waals surface area (Å²) in [5, 5.41) is 18.1. The number of methoxy groups -OCH3 is 2. The van der Waals surface area contributed by atoms with Crippen LogP contribution in [0.15, 0.2) is 24.5 Å². The lowest BCUT2D eigenvalue weighted by Crippen LogP contribution is -2.15. The van der Waals surface area contributed by atoms with E-state index in [1.54, 1.807) is 36.0 Å². The number of carbonyl (C=O) groups excluding carboxylic acids is 1. The standard InChI is InChI=1S/C15H18N4O3.C15H17N3O4/c1-9-7-10(8-17-15(9)21-2)19-12-4-6-22-5-3-11(12)13(18-19)14(16)20;1-9-7-10(8-16-14(9)21-2)18-12-4-6-22-5-3-11(12)13(17-18)15(19)20/h7-8H,3-6H2,1-2H3,(H2,16,20);7-8H,3-6H2,1-2H3,(H,19,20). The van der Waals surface area contributed by atoms with E-state index in [1.165, 1.54) is 0 Å². The molecule has 4 aromatic rings. The molecular weight excluding hydrogens is 570 g/mol. The molecule has 0 saturated heterocycles. The van der Waals surface area contributed by atoms with Gasteiger partial charge in [-0.05, 0) is 32.4 Å². The zero-order valence-corrected chi connectivity index (χ0v) is 25.1. The minimum absolute atomic E-state index is 0.0916. The normalized spacial score (nSPS) is 14.3. The molecule has 0 saturated carbocycles. The highest BCUT2D eigenvalue weighted by Crippen LogP contribution is 2.26. The van der Waals surface area contributed by atoms with Crippen molar-refractivity contribution < 1.29 is 33.6 Å². The highest BCUT2D eigenvalue weighted by molar-refractivity contribution is 5.92.